The van der Waals surface area contributed by atoms with Crippen LogP contribution in [0, 0.1) is 0 Å². The van der Waals surface area contributed by atoms with Gasteiger partial charge < -0.3 is 10.0 Å². The third-order valence-electron chi connectivity index (χ3n) is 7.04. The molecule has 28 heavy (non-hydrogen) atoms. The van der Waals surface area contributed by atoms with Gasteiger partial charge in [-0.25, -0.2) is 0 Å². The zero-order chi connectivity index (χ0) is 19.1. The summed E-state index contributed by atoms with van der Waals surface area (Å²) >= 11 is 0. The van der Waals surface area contributed by atoms with Gasteiger partial charge in [0, 0.05) is 24.7 Å². The molecule has 0 unspecified atom stereocenters. The fourth-order valence-electron chi connectivity index (χ4n) is 5.58. The quantitative estimate of drug-likeness (QED) is 0.874. The minimum atomic E-state index is -0.407. The van der Waals surface area contributed by atoms with Crippen LogP contribution in [0.1, 0.15) is 53.3 Å². The molecule has 1 amide bonds. The van der Waals surface area contributed by atoms with Crippen LogP contribution in [-0.4, -0.2) is 58.1 Å². The lowest BCUT2D eigenvalue weighted by Crippen LogP contribution is -2.51. The normalized spacial score (nSPS) is 26.5. The van der Waals surface area contributed by atoms with E-state index >= 15 is 0 Å². The molecule has 1 aliphatic carbocycles. The molecular formula is C23H27N3O2. The van der Waals surface area contributed by atoms with Gasteiger partial charge in [-0.2, -0.15) is 0 Å². The van der Waals surface area contributed by atoms with Crippen LogP contribution in [0.3, 0.4) is 0 Å². The molecule has 2 atom stereocenters. The number of aromatic nitrogens is 1. The Labute approximate surface area is 166 Å². The zero-order valence-corrected chi connectivity index (χ0v) is 16.1. The van der Waals surface area contributed by atoms with Crippen molar-refractivity contribution in [1.29, 1.82) is 0 Å². The van der Waals surface area contributed by atoms with Crippen LogP contribution in [0.2, 0.25) is 0 Å². The average molecular weight is 377 g/mol. The molecular weight excluding hydrogens is 350 g/mol. The number of hydrogen-bond donors (Lipinski definition) is 1. The van der Waals surface area contributed by atoms with Crippen molar-refractivity contribution in [3.63, 3.8) is 0 Å². The lowest BCUT2D eigenvalue weighted by molar-refractivity contribution is -0.00783. The molecule has 5 nitrogen and oxygen atoms in total. The van der Waals surface area contributed by atoms with Crippen molar-refractivity contribution in [3.05, 3.63) is 65.5 Å². The molecule has 0 bridgehead atoms. The Morgan fingerprint density at radius 2 is 1.71 bits per heavy atom. The second-order valence-electron chi connectivity index (χ2n) is 8.38. The highest BCUT2D eigenvalue weighted by molar-refractivity contribution is 5.92. The van der Waals surface area contributed by atoms with E-state index in [9.17, 15) is 9.90 Å². The van der Waals surface area contributed by atoms with E-state index in [1.54, 1.807) is 12.3 Å². The molecule has 1 aromatic heterocycles. The number of rotatable bonds is 2. The molecule has 2 aliphatic heterocycles. The third-order valence-corrected chi connectivity index (χ3v) is 7.04. The summed E-state index contributed by atoms with van der Waals surface area (Å²) in [4.78, 5) is 21.4. The molecule has 3 aliphatic rings. The summed E-state index contributed by atoms with van der Waals surface area (Å²) in [7, 11) is 0. The molecule has 5 rings (SSSR count). The van der Waals surface area contributed by atoms with E-state index in [2.05, 4.69) is 34.1 Å². The van der Waals surface area contributed by atoms with Crippen LogP contribution >= 0.6 is 0 Å². The molecule has 1 aromatic carbocycles. The van der Waals surface area contributed by atoms with Gasteiger partial charge in [0.1, 0.15) is 5.69 Å². The first-order chi connectivity index (χ1) is 13.7. The SMILES string of the molecule is O=C(c1ccccn1)N1CCC2(CC1)c1ccccc1[C@H](N1CCCC1)[C@H]2O. The van der Waals surface area contributed by atoms with E-state index in [4.69, 9.17) is 0 Å². The summed E-state index contributed by atoms with van der Waals surface area (Å²) in [5.41, 5.74) is 2.84. The van der Waals surface area contributed by atoms with Crippen LogP contribution in [-0.2, 0) is 5.41 Å². The second kappa shape index (κ2) is 6.98. The number of carbonyl (C=O) groups is 1. The van der Waals surface area contributed by atoms with Crippen molar-refractivity contribution >= 4 is 5.91 Å². The molecule has 146 valence electrons. The highest BCUT2D eigenvalue weighted by Crippen LogP contribution is 2.53. The van der Waals surface area contributed by atoms with Crippen LogP contribution in [0.4, 0.5) is 0 Å². The fraction of sp³-hybridized carbons (Fsp3) is 0.478. The van der Waals surface area contributed by atoms with Gasteiger partial charge in [0.15, 0.2) is 0 Å². The predicted octanol–water partition coefficient (Wildman–Crippen LogP) is 2.77. The molecule has 5 heteroatoms. The van der Waals surface area contributed by atoms with Crippen molar-refractivity contribution in [2.75, 3.05) is 26.2 Å². The van der Waals surface area contributed by atoms with Gasteiger partial charge in [0.25, 0.3) is 5.91 Å². The summed E-state index contributed by atoms with van der Waals surface area (Å²) in [6.45, 7) is 3.45. The van der Waals surface area contributed by atoms with E-state index in [0.29, 0.717) is 18.8 Å². The molecule has 2 saturated heterocycles. The summed E-state index contributed by atoms with van der Waals surface area (Å²) in [6, 6.07) is 14.1. The number of likely N-dealkylation sites (tertiary alicyclic amines) is 2. The van der Waals surface area contributed by atoms with Crippen LogP contribution < -0.4 is 0 Å². The first-order valence-corrected chi connectivity index (χ1v) is 10.4. The van der Waals surface area contributed by atoms with Gasteiger partial charge in [-0.05, 0) is 62.0 Å². The maximum atomic E-state index is 12.8. The highest BCUT2D eigenvalue weighted by Gasteiger charge is 2.54. The lowest BCUT2D eigenvalue weighted by Gasteiger charge is -2.43. The first-order valence-electron chi connectivity index (χ1n) is 10.4. The van der Waals surface area contributed by atoms with E-state index in [1.807, 2.05) is 17.0 Å². The van der Waals surface area contributed by atoms with Gasteiger partial charge in [-0.1, -0.05) is 30.3 Å². The van der Waals surface area contributed by atoms with Gasteiger partial charge in [0.05, 0.1) is 12.1 Å². The Hall–Kier alpha value is -2.24. The number of aliphatic hydroxyl groups is 1. The Balaban J connectivity index is 1.41. The number of nitrogens with zero attached hydrogens (tertiary/aromatic N) is 3. The van der Waals surface area contributed by atoms with Crippen LogP contribution in [0.25, 0.3) is 0 Å². The van der Waals surface area contributed by atoms with Crippen LogP contribution in [0.15, 0.2) is 48.7 Å². The topological polar surface area (TPSA) is 56.7 Å². The molecule has 0 radical (unpaired) electrons. The summed E-state index contributed by atoms with van der Waals surface area (Å²) in [5, 5.41) is 11.5. The minimum Gasteiger partial charge on any atom is -0.390 e. The van der Waals surface area contributed by atoms with Crippen molar-refractivity contribution in [2.24, 2.45) is 0 Å². The zero-order valence-electron chi connectivity index (χ0n) is 16.1. The number of carbonyl (C=O) groups excluding carboxylic acids is 1. The van der Waals surface area contributed by atoms with Gasteiger partial charge in [-0.3, -0.25) is 14.7 Å². The molecule has 3 heterocycles. The molecule has 1 spiro atoms. The lowest BCUT2D eigenvalue weighted by atomic mass is 9.72. The van der Waals surface area contributed by atoms with Crippen molar-refractivity contribution in [2.45, 2.75) is 43.2 Å². The van der Waals surface area contributed by atoms with Gasteiger partial charge >= 0.3 is 0 Å². The summed E-state index contributed by atoms with van der Waals surface area (Å²) in [6.07, 6.45) is 5.28. The van der Waals surface area contributed by atoms with E-state index in [0.717, 1.165) is 25.9 Å². The van der Waals surface area contributed by atoms with E-state index in [1.165, 1.54) is 24.0 Å². The number of benzene rings is 1. The molecule has 1 N–H and O–H groups in total. The maximum Gasteiger partial charge on any atom is 0.272 e. The molecule has 0 saturated carbocycles. The van der Waals surface area contributed by atoms with Crippen molar-refractivity contribution in [1.82, 2.24) is 14.8 Å². The summed E-state index contributed by atoms with van der Waals surface area (Å²) in [5.74, 6) is -0.00712. The number of amides is 1. The Morgan fingerprint density at radius 1 is 1.00 bits per heavy atom. The standard InChI is InChI=1S/C23H27N3O2/c27-21-20(25-13-5-6-14-25)17-7-1-2-8-18(17)23(21)10-15-26(16-11-23)22(28)19-9-3-4-12-24-19/h1-4,7-9,12,20-21,27H,5-6,10-11,13-16H2/t20-,21+/m0/s1. The second-order valence-corrected chi connectivity index (χ2v) is 8.38. The first kappa shape index (κ1) is 17.8. The smallest absolute Gasteiger partial charge is 0.272 e. The highest BCUT2D eigenvalue weighted by atomic mass is 16.3. The Morgan fingerprint density at radius 3 is 2.43 bits per heavy atom. The van der Waals surface area contributed by atoms with Gasteiger partial charge in [-0.15, -0.1) is 0 Å². The van der Waals surface area contributed by atoms with Gasteiger partial charge in [0.2, 0.25) is 0 Å². The maximum absolute atomic E-state index is 12.8. The number of hydrogen-bond acceptors (Lipinski definition) is 4. The van der Waals surface area contributed by atoms with Crippen molar-refractivity contribution < 1.29 is 9.90 Å². The van der Waals surface area contributed by atoms with E-state index < -0.39 is 6.10 Å². The number of piperidine rings is 1. The summed E-state index contributed by atoms with van der Waals surface area (Å²) < 4.78 is 0. The Bertz CT molecular complexity index is 855. The molecule has 2 aromatic rings. The third kappa shape index (κ3) is 2.68. The predicted molar refractivity (Wildman–Crippen MR) is 107 cm³/mol. The Kier molecular flexibility index (Phi) is 4.44. The van der Waals surface area contributed by atoms with Crippen LogP contribution in [0.5, 0.6) is 0 Å². The average Bonchev–Trinajstić information content (AvgIpc) is 3.35. The number of fused-ring (bicyclic) bond motifs is 2. The fourth-order valence-corrected chi connectivity index (χ4v) is 5.58. The number of aliphatic hydroxyl groups excluding tert-OH is 1. The monoisotopic (exact) mass is 377 g/mol. The van der Waals surface area contributed by atoms with E-state index in [-0.39, 0.29) is 17.4 Å². The largest absolute Gasteiger partial charge is 0.390 e. The molecule has 2 fully saturated rings. The minimum absolute atomic E-state index is 0.00712. The number of pyridine rings is 1. The van der Waals surface area contributed by atoms with Crippen molar-refractivity contribution in [3.8, 4) is 0 Å².